The fourth-order valence-electron chi connectivity index (χ4n) is 2.37. The van der Waals surface area contributed by atoms with E-state index in [1.165, 1.54) is 5.56 Å². The molecule has 4 nitrogen and oxygen atoms in total. The van der Waals surface area contributed by atoms with E-state index in [1.54, 1.807) is 0 Å². The van der Waals surface area contributed by atoms with Crippen LogP contribution in [0.15, 0.2) is 54.6 Å². The van der Waals surface area contributed by atoms with Crippen molar-refractivity contribution in [2.24, 2.45) is 0 Å². The van der Waals surface area contributed by atoms with Crippen molar-refractivity contribution in [1.29, 1.82) is 0 Å². The van der Waals surface area contributed by atoms with E-state index in [0.717, 1.165) is 27.9 Å². The molecule has 0 aliphatic rings. The minimum absolute atomic E-state index is 0.678. The number of anilines is 3. The van der Waals surface area contributed by atoms with Crippen LogP contribution in [0.4, 0.5) is 17.3 Å². The average Bonchev–Trinajstić information content (AvgIpc) is 2.56. The normalized spacial score (nSPS) is 10.5. The number of hydrogen-bond acceptors (Lipinski definition) is 4. The van der Waals surface area contributed by atoms with Crippen LogP contribution in [-0.2, 0) is 6.54 Å². The lowest BCUT2D eigenvalue weighted by Gasteiger charge is -2.12. The van der Waals surface area contributed by atoms with Crippen LogP contribution in [0.1, 0.15) is 17.0 Å². The summed E-state index contributed by atoms with van der Waals surface area (Å²) in [6.45, 7) is 4.63. The number of nitrogens with one attached hydrogen (secondary N) is 2. The van der Waals surface area contributed by atoms with E-state index in [-0.39, 0.29) is 0 Å². The van der Waals surface area contributed by atoms with E-state index in [1.807, 2.05) is 55.5 Å². The molecule has 0 aliphatic heterocycles. The van der Waals surface area contributed by atoms with Crippen molar-refractivity contribution in [1.82, 2.24) is 9.97 Å². The van der Waals surface area contributed by atoms with Gasteiger partial charge in [-0.15, -0.1) is 0 Å². The van der Waals surface area contributed by atoms with Crippen LogP contribution in [0.3, 0.4) is 0 Å². The van der Waals surface area contributed by atoms with Gasteiger partial charge in [0.15, 0.2) is 0 Å². The third-order valence-electron chi connectivity index (χ3n) is 3.63. The van der Waals surface area contributed by atoms with Gasteiger partial charge in [-0.1, -0.05) is 41.9 Å². The molecule has 0 radical (unpaired) electrons. The van der Waals surface area contributed by atoms with E-state index in [0.29, 0.717) is 12.4 Å². The Bertz CT molecular complexity index is 831. The molecule has 0 atom stereocenters. The topological polar surface area (TPSA) is 49.8 Å². The summed E-state index contributed by atoms with van der Waals surface area (Å²) in [5.74, 6) is 2.27. The molecule has 0 unspecified atom stereocenters. The first-order chi connectivity index (χ1) is 11.6. The minimum Gasteiger partial charge on any atom is -0.366 e. The van der Waals surface area contributed by atoms with Crippen molar-refractivity contribution >= 4 is 28.9 Å². The highest BCUT2D eigenvalue weighted by molar-refractivity contribution is 6.30. The van der Waals surface area contributed by atoms with E-state index in [9.17, 15) is 0 Å². The van der Waals surface area contributed by atoms with Gasteiger partial charge in [-0.2, -0.15) is 0 Å². The second kappa shape index (κ2) is 7.32. The summed E-state index contributed by atoms with van der Waals surface area (Å²) >= 11 is 5.91. The Kier molecular flexibility index (Phi) is 4.96. The molecule has 3 aromatic rings. The first-order valence-electron chi connectivity index (χ1n) is 7.77. The van der Waals surface area contributed by atoms with Gasteiger partial charge in [-0.05, 0) is 43.2 Å². The summed E-state index contributed by atoms with van der Waals surface area (Å²) in [6, 6.07) is 17.8. The predicted octanol–water partition coefficient (Wildman–Crippen LogP) is 5.10. The Balaban J connectivity index is 1.74. The van der Waals surface area contributed by atoms with Crippen molar-refractivity contribution < 1.29 is 0 Å². The third kappa shape index (κ3) is 4.24. The van der Waals surface area contributed by atoms with Gasteiger partial charge in [0, 0.05) is 23.3 Å². The molecule has 5 heteroatoms. The van der Waals surface area contributed by atoms with Crippen molar-refractivity contribution in [3.8, 4) is 0 Å². The maximum absolute atomic E-state index is 5.91. The Morgan fingerprint density at radius 3 is 2.38 bits per heavy atom. The highest BCUT2D eigenvalue weighted by Gasteiger charge is 2.04. The second-order valence-corrected chi connectivity index (χ2v) is 6.04. The Morgan fingerprint density at radius 2 is 1.62 bits per heavy atom. The van der Waals surface area contributed by atoms with E-state index < -0.39 is 0 Å². The maximum atomic E-state index is 5.91. The lowest BCUT2D eigenvalue weighted by Crippen LogP contribution is -2.05. The van der Waals surface area contributed by atoms with Crippen LogP contribution in [-0.4, -0.2) is 9.97 Å². The number of rotatable bonds is 5. The van der Waals surface area contributed by atoms with Crippen LogP contribution < -0.4 is 10.6 Å². The molecule has 0 amide bonds. The largest absolute Gasteiger partial charge is 0.366 e. The summed E-state index contributed by atoms with van der Waals surface area (Å²) < 4.78 is 0. The van der Waals surface area contributed by atoms with Gasteiger partial charge in [0.2, 0.25) is 0 Å². The van der Waals surface area contributed by atoms with Gasteiger partial charge in [-0.3, -0.25) is 0 Å². The summed E-state index contributed by atoms with van der Waals surface area (Å²) in [5, 5.41) is 7.42. The smallest absolute Gasteiger partial charge is 0.136 e. The van der Waals surface area contributed by atoms with E-state index in [2.05, 4.69) is 33.6 Å². The molecule has 0 saturated heterocycles. The first kappa shape index (κ1) is 16.3. The molecule has 122 valence electrons. The number of aromatic nitrogens is 2. The van der Waals surface area contributed by atoms with Gasteiger partial charge in [0.25, 0.3) is 0 Å². The van der Waals surface area contributed by atoms with Crippen molar-refractivity contribution in [3.05, 3.63) is 76.6 Å². The second-order valence-electron chi connectivity index (χ2n) is 5.61. The van der Waals surface area contributed by atoms with Gasteiger partial charge in [0.05, 0.1) is 0 Å². The third-order valence-corrected chi connectivity index (χ3v) is 3.88. The molecule has 3 rings (SSSR count). The molecular weight excluding hydrogens is 320 g/mol. The molecule has 0 aliphatic carbocycles. The van der Waals surface area contributed by atoms with Crippen LogP contribution in [0.5, 0.6) is 0 Å². The Labute approximate surface area is 146 Å². The maximum Gasteiger partial charge on any atom is 0.136 e. The zero-order valence-corrected chi connectivity index (χ0v) is 14.4. The quantitative estimate of drug-likeness (QED) is 0.679. The van der Waals surface area contributed by atoms with Crippen LogP contribution in [0.2, 0.25) is 5.02 Å². The molecule has 0 bridgehead atoms. The van der Waals surface area contributed by atoms with Gasteiger partial charge in [-0.25, -0.2) is 9.97 Å². The zero-order chi connectivity index (χ0) is 16.9. The molecule has 24 heavy (non-hydrogen) atoms. The number of nitrogens with zero attached hydrogens (tertiary/aromatic N) is 2. The highest BCUT2D eigenvalue weighted by atomic mass is 35.5. The monoisotopic (exact) mass is 338 g/mol. The Hall–Kier alpha value is -2.59. The fraction of sp³-hybridized carbons (Fsp3) is 0.158. The fourth-order valence-corrected chi connectivity index (χ4v) is 2.49. The molecule has 0 saturated carbocycles. The van der Waals surface area contributed by atoms with Crippen LogP contribution in [0, 0.1) is 13.8 Å². The molecular formula is C19H19ClN4. The SMILES string of the molecule is Cc1nc(NCc2ccc(Cl)cc2)cc(Nc2ccccc2C)n1. The lowest BCUT2D eigenvalue weighted by molar-refractivity contribution is 1.02. The summed E-state index contributed by atoms with van der Waals surface area (Å²) in [4.78, 5) is 8.90. The molecule has 1 aromatic heterocycles. The number of halogens is 1. The number of hydrogen-bond donors (Lipinski definition) is 2. The lowest BCUT2D eigenvalue weighted by atomic mass is 10.2. The van der Waals surface area contributed by atoms with Crippen molar-refractivity contribution in [3.63, 3.8) is 0 Å². The van der Waals surface area contributed by atoms with Crippen molar-refractivity contribution in [2.45, 2.75) is 20.4 Å². The predicted molar refractivity (Wildman–Crippen MR) is 100 cm³/mol. The first-order valence-corrected chi connectivity index (χ1v) is 8.14. The molecule has 0 spiro atoms. The highest BCUT2D eigenvalue weighted by Crippen LogP contribution is 2.21. The summed E-state index contributed by atoms with van der Waals surface area (Å²) in [6.07, 6.45) is 0. The van der Waals surface area contributed by atoms with Gasteiger partial charge < -0.3 is 10.6 Å². The van der Waals surface area contributed by atoms with Gasteiger partial charge >= 0.3 is 0 Å². The molecule has 2 N–H and O–H groups in total. The summed E-state index contributed by atoms with van der Waals surface area (Å²) in [5.41, 5.74) is 3.35. The molecule has 1 heterocycles. The Morgan fingerprint density at radius 1 is 0.917 bits per heavy atom. The van der Waals surface area contributed by atoms with Crippen LogP contribution in [0.25, 0.3) is 0 Å². The minimum atomic E-state index is 0.678. The van der Waals surface area contributed by atoms with E-state index >= 15 is 0 Å². The average molecular weight is 339 g/mol. The van der Waals surface area contributed by atoms with Crippen LogP contribution >= 0.6 is 11.6 Å². The molecule has 2 aromatic carbocycles. The molecule has 0 fully saturated rings. The number of benzene rings is 2. The summed E-state index contributed by atoms with van der Waals surface area (Å²) in [7, 11) is 0. The zero-order valence-electron chi connectivity index (χ0n) is 13.7. The van der Waals surface area contributed by atoms with Gasteiger partial charge in [0.1, 0.15) is 17.5 Å². The standard InChI is InChI=1S/C19H19ClN4/c1-13-5-3-4-6-17(13)24-19-11-18(22-14(2)23-19)21-12-15-7-9-16(20)10-8-15/h3-11H,12H2,1-2H3,(H2,21,22,23,24). The number of aryl methyl sites for hydroxylation is 2. The van der Waals surface area contributed by atoms with Crippen molar-refractivity contribution in [2.75, 3.05) is 10.6 Å². The number of para-hydroxylation sites is 1. The van der Waals surface area contributed by atoms with E-state index in [4.69, 9.17) is 11.6 Å².